The van der Waals surface area contributed by atoms with E-state index < -0.39 is 0 Å². The molecule has 0 bridgehead atoms. The van der Waals surface area contributed by atoms with Crippen LogP contribution in [0.15, 0.2) is 36.0 Å². The van der Waals surface area contributed by atoms with Crippen molar-refractivity contribution in [3.05, 3.63) is 41.8 Å². The first-order chi connectivity index (χ1) is 13.6. The minimum Gasteiger partial charge on any atom is -0.369 e. The normalized spacial score (nSPS) is 17.1. The average molecular weight is 399 g/mol. The fourth-order valence-electron chi connectivity index (χ4n) is 3.75. The van der Waals surface area contributed by atoms with E-state index in [0.29, 0.717) is 24.8 Å². The van der Waals surface area contributed by atoms with Crippen molar-refractivity contribution in [1.29, 1.82) is 0 Å². The van der Waals surface area contributed by atoms with Gasteiger partial charge in [0.05, 0.1) is 5.39 Å². The Morgan fingerprint density at radius 3 is 2.89 bits per heavy atom. The first-order valence-electron chi connectivity index (χ1n) is 9.65. The molecule has 7 heteroatoms. The Kier molecular flexibility index (Phi) is 5.52. The lowest BCUT2D eigenvalue weighted by Gasteiger charge is -2.33. The number of benzene rings is 1. The van der Waals surface area contributed by atoms with Gasteiger partial charge >= 0.3 is 0 Å². The van der Waals surface area contributed by atoms with Crippen molar-refractivity contribution in [2.45, 2.75) is 38.6 Å². The summed E-state index contributed by atoms with van der Waals surface area (Å²) < 4.78 is 13.3. The lowest BCUT2D eigenvalue weighted by molar-refractivity contribution is -0.134. The zero-order valence-electron chi connectivity index (χ0n) is 15.8. The van der Waals surface area contributed by atoms with E-state index >= 15 is 0 Å². The third kappa shape index (κ3) is 3.85. The van der Waals surface area contributed by atoms with Gasteiger partial charge in [0.1, 0.15) is 22.8 Å². The monoisotopic (exact) mass is 398 g/mol. The van der Waals surface area contributed by atoms with Crippen LogP contribution in [0.2, 0.25) is 0 Å². The summed E-state index contributed by atoms with van der Waals surface area (Å²) in [4.78, 5) is 24.2. The van der Waals surface area contributed by atoms with Crippen molar-refractivity contribution in [1.82, 2.24) is 14.9 Å². The van der Waals surface area contributed by atoms with Crippen LogP contribution in [0.3, 0.4) is 0 Å². The number of halogens is 1. The Balaban J connectivity index is 1.50. The van der Waals surface area contributed by atoms with Crippen molar-refractivity contribution in [2.75, 3.05) is 18.4 Å². The highest BCUT2D eigenvalue weighted by atomic mass is 32.1. The quantitative estimate of drug-likeness (QED) is 0.677. The van der Waals surface area contributed by atoms with Gasteiger partial charge in [0.15, 0.2) is 0 Å². The molecule has 3 aromatic rings. The number of likely N-dealkylation sites (tertiary alicyclic amines) is 1. The van der Waals surface area contributed by atoms with Crippen LogP contribution in [0.25, 0.3) is 21.3 Å². The molecular weight excluding hydrogens is 375 g/mol. The Morgan fingerprint density at radius 1 is 1.29 bits per heavy atom. The predicted molar refractivity (Wildman–Crippen MR) is 111 cm³/mol. The van der Waals surface area contributed by atoms with Crippen molar-refractivity contribution in [3.8, 4) is 11.1 Å². The second kappa shape index (κ2) is 8.22. The SMILES string of the molecule is CC1CCCCN1C(=O)CCNc1ncnc2scc(-c3ccc(F)cc3)c12. The number of carbonyl (C=O) groups is 1. The van der Waals surface area contributed by atoms with Crippen LogP contribution >= 0.6 is 11.3 Å². The number of thiophene rings is 1. The smallest absolute Gasteiger partial charge is 0.224 e. The van der Waals surface area contributed by atoms with Crippen molar-refractivity contribution in [2.24, 2.45) is 0 Å². The van der Waals surface area contributed by atoms with Crippen molar-refractivity contribution < 1.29 is 9.18 Å². The molecule has 1 atom stereocenters. The zero-order valence-corrected chi connectivity index (χ0v) is 16.6. The number of piperidine rings is 1. The van der Waals surface area contributed by atoms with Crippen LogP contribution in [0.4, 0.5) is 10.2 Å². The molecule has 1 aliphatic rings. The second-order valence-electron chi connectivity index (χ2n) is 7.17. The van der Waals surface area contributed by atoms with E-state index in [0.717, 1.165) is 40.7 Å². The largest absolute Gasteiger partial charge is 0.369 e. The molecule has 0 spiro atoms. The number of hydrogen-bond acceptors (Lipinski definition) is 5. The number of anilines is 1. The Labute approximate surface area is 167 Å². The molecule has 1 aromatic carbocycles. The van der Waals surface area contributed by atoms with Crippen LogP contribution in [-0.4, -0.2) is 39.9 Å². The predicted octanol–water partition coefficient (Wildman–Crippen LogP) is 4.70. The number of aromatic nitrogens is 2. The molecule has 1 N–H and O–H groups in total. The fraction of sp³-hybridized carbons (Fsp3) is 0.381. The molecule has 2 aromatic heterocycles. The molecule has 3 heterocycles. The van der Waals surface area contributed by atoms with E-state index in [1.165, 1.54) is 36.2 Å². The second-order valence-corrected chi connectivity index (χ2v) is 8.03. The van der Waals surface area contributed by atoms with Crippen molar-refractivity contribution >= 4 is 33.3 Å². The van der Waals surface area contributed by atoms with Gasteiger partial charge < -0.3 is 10.2 Å². The summed E-state index contributed by atoms with van der Waals surface area (Å²) in [5, 5.41) is 6.24. The third-order valence-electron chi connectivity index (χ3n) is 5.28. The van der Waals surface area contributed by atoms with Gasteiger partial charge in [0.2, 0.25) is 5.91 Å². The molecular formula is C21H23FN4OS. The molecule has 0 saturated carbocycles. The summed E-state index contributed by atoms with van der Waals surface area (Å²) in [5.41, 5.74) is 1.89. The summed E-state index contributed by atoms with van der Waals surface area (Å²) >= 11 is 1.53. The molecule has 1 saturated heterocycles. The van der Waals surface area contributed by atoms with Crippen LogP contribution < -0.4 is 5.32 Å². The first-order valence-corrected chi connectivity index (χ1v) is 10.5. The maximum absolute atomic E-state index is 13.3. The Bertz CT molecular complexity index is 972. The van der Waals surface area contributed by atoms with Crippen LogP contribution in [0.5, 0.6) is 0 Å². The van der Waals surface area contributed by atoms with E-state index in [2.05, 4.69) is 22.2 Å². The number of hydrogen-bond donors (Lipinski definition) is 1. The topological polar surface area (TPSA) is 58.1 Å². The summed E-state index contributed by atoms with van der Waals surface area (Å²) in [6.07, 6.45) is 5.34. The van der Waals surface area contributed by atoms with Crippen molar-refractivity contribution in [3.63, 3.8) is 0 Å². The molecule has 1 fully saturated rings. The van der Waals surface area contributed by atoms with Gasteiger partial charge in [0, 0.05) is 36.5 Å². The van der Waals surface area contributed by atoms with Crippen LogP contribution in [0, 0.1) is 5.82 Å². The summed E-state index contributed by atoms with van der Waals surface area (Å²) in [7, 11) is 0. The van der Waals surface area contributed by atoms with E-state index in [1.54, 1.807) is 12.1 Å². The third-order valence-corrected chi connectivity index (χ3v) is 6.17. The fourth-order valence-corrected chi connectivity index (χ4v) is 4.67. The Hall–Kier alpha value is -2.54. The highest BCUT2D eigenvalue weighted by Crippen LogP contribution is 2.36. The van der Waals surface area contributed by atoms with E-state index in [4.69, 9.17) is 0 Å². The number of nitrogens with zero attached hydrogens (tertiary/aromatic N) is 3. The standard InChI is InChI=1S/C21H23FN4OS/c1-14-4-2-3-11-26(14)18(27)9-10-23-20-19-17(12-28-21(19)25-13-24-20)15-5-7-16(22)8-6-15/h5-8,12-14H,2-4,9-11H2,1H3,(H,23,24,25). The van der Waals surface area contributed by atoms with Gasteiger partial charge in [-0.05, 0) is 43.9 Å². The maximum atomic E-state index is 13.3. The highest BCUT2D eigenvalue weighted by Gasteiger charge is 2.22. The minimum absolute atomic E-state index is 0.189. The number of fused-ring (bicyclic) bond motifs is 1. The van der Waals surface area contributed by atoms with Gasteiger partial charge in [-0.1, -0.05) is 12.1 Å². The van der Waals surface area contributed by atoms with E-state index in [1.807, 2.05) is 10.3 Å². The maximum Gasteiger partial charge on any atom is 0.224 e. The molecule has 28 heavy (non-hydrogen) atoms. The number of carbonyl (C=O) groups excluding carboxylic acids is 1. The zero-order chi connectivity index (χ0) is 19.5. The number of nitrogens with one attached hydrogen (secondary N) is 1. The van der Waals surface area contributed by atoms with Gasteiger partial charge in [-0.3, -0.25) is 4.79 Å². The summed E-state index contributed by atoms with van der Waals surface area (Å²) in [6, 6.07) is 6.75. The van der Waals surface area contributed by atoms with Gasteiger partial charge in [-0.25, -0.2) is 14.4 Å². The molecule has 4 rings (SSSR count). The molecule has 0 aliphatic carbocycles. The first kappa shape index (κ1) is 18.8. The molecule has 5 nitrogen and oxygen atoms in total. The van der Waals surface area contributed by atoms with Crippen LogP contribution in [0.1, 0.15) is 32.6 Å². The molecule has 1 amide bonds. The summed E-state index contributed by atoms with van der Waals surface area (Å²) in [6.45, 7) is 3.50. The average Bonchev–Trinajstić information content (AvgIpc) is 3.14. The lowest BCUT2D eigenvalue weighted by Crippen LogP contribution is -2.42. The molecule has 146 valence electrons. The molecule has 1 aliphatic heterocycles. The number of rotatable bonds is 5. The van der Waals surface area contributed by atoms with E-state index in [9.17, 15) is 9.18 Å². The summed E-state index contributed by atoms with van der Waals surface area (Å²) in [5.74, 6) is 0.641. The van der Waals surface area contributed by atoms with Crippen LogP contribution in [-0.2, 0) is 4.79 Å². The van der Waals surface area contributed by atoms with Gasteiger partial charge in [0.25, 0.3) is 0 Å². The molecule has 0 radical (unpaired) electrons. The minimum atomic E-state index is -0.261. The van der Waals surface area contributed by atoms with E-state index in [-0.39, 0.29) is 11.7 Å². The van der Waals surface area contributed by atoms with Gasteiger partial charge in [-0.2, -0.15) is 0 Å². The van der Waals surface area contributed by atoms with Gasteiger partial charge in [-0.15, -0.1) is 11.3 Å². The lowest BCUT2D eigenvalue weighted by atomic mass is 10.0. The number of amides is 1. The Morgan fingerprint density at radius 2 is 2.11 bits per heavy atom. The molecule has 1 unspecified atom stereocenters. The highest BCUT2D eigenvalue weighted by molar-refractivity contribution is 7.17.